The van der Waals surface area contributed by atoms with E-state index >= 15 is 0 Å². The van der Waals surface area contributed by atoms with Crippen LogP contribution in [0, 0.1) is 0 Å². The molecule has 0 bridgehead atoms. The summed E-state index contributed by atoms with van der Waals surface area (Å²) in [7, 11) is 0. The van der Waals surface area contributed by atoms with Crippen molar-refractivity contribution >= 4 is 29.2 Å². The molecule has 20 heavy (non-hydrogen) atoms. The summed E-state index contributed by atoms with van der Waals surface area (Å²) in [6.07, 6.45) is 0.363. The van der Waals surface area contributed by atoms with E-state index in [2.05, 4.69) is 5.32 Å². The van der Waals surface area contributed by atoms with Crippen molar-refractivity contribution in [2.75, 3.05) is 5.32 Å². The number of carbonyl (C=O) groups is 2. The number of hydrogen-bond donors (Lipinski definition) is 2. The highest BCUT2D eigenvalue weighted by atomic mass is 35.5. The molecule has 0 atom stereocenters. The van der Waals surface area contributed by atoms with Gasteiger partial charge in [-0.3, -0.25) is 4.79 Å². The fourth-order valence-corrected chi connectivity index (χ4v) is 1.85. The summed E-state index contributed by atoms with van der Waals surface area (Å²) in [6, 6.07) is 7.80. The van der Waals surface area contributed by atoms with E-state index in [1.807, 2.05) is 0 Å². The van der Waals surface area contributed by atoms with Crippen LogP contribution in [0.2, 0.25) is 5.02 Å². The number of hydrogen-bond acceptors (Lipinski definition) is 3. The van der Waals surface area contributed by atoms with Crippen LogP contribution in [0.25, 0.3) is 11.3 Å². The third-order valence-corrected chi connectivity index (χ3v) is 2.98. The van der Waals surface area contributed by atoms with Crippen molar-refractivity contribution in [3.05, 3.63) is 41.1 Å². The maximum Gasteiger partial charge on any atom is 0.371 e. The zero-order chi connectivity index (χ0) is 14.7. The molecule has 0 aliphatic heterocycles. The molecular formula is C14H12ClNO4. The minimum atomic E-state index is -1.15. The van der Waals surface area contributed by atoms with Crippen LogP contribution in [0.3, 0.4) is 0 Å². The molecule has 0 unspecified atom stereocenters. The summed E-state index contributed by atoms with van der Waals surface area (Å²) in [5, 5.41) is 11.9. The van der Waals surface area contributed by atoms with Crippen LogP contribution in [0.1, 0.15) is 23.9 Å². The minimum absolute atomic E-state index is 0.121. The van der Waals surface area contributed by atoms with Crippen LogP contribution in [0.4, 0.5) is 5.69 Å². The Morgan fingerprint density at radius 1 is 1.30 bits per heavy atom. The van der Waals surface area contributed by atoms with Crippen molar-refractivity contribution in [1.82, 2.24) is 0 Å². The first-order valence-electron chi connectivity index (χ1n) is 5.94. The molecule has 1 heterocycles. The summed E-state index contributed by atoms with van der Waals surface area (Å²) in [6.45, 7) is 1.75. The number of nitrogens with one attached hydrogen (secondary N) is 1. The molecule has 0 fully saturated rings. The van der Waals surface area contributed by atoms with E-state index in [4.69, 9.17) is 21.1 Å². The quantitative estimate of drug-likeness (QED) is 0.902. The topological polar surface area (TPSA) is 79.5 Å². The monoisotopic (exact) mass is 293 g/mol. The second-order valence-electron chi connectivity index (χ2n) is 4.07. The van der Waals surface area contributed by atoms with E-state index in [1.165, 1.54) is 12.1 Å². The Bertz CT molecular complexity index is 663. The van der Waals surface area contributed by atoms with E-state index in [9.17, 15) is 9.59 Å². The molecule has 1 aromatic carbocycles. The summed E-state index contributed by atoms with van der Waals surface area (Å²) in [5.74, 6) is -1.11. The largest absolute Gasteiger partial charge is 0.475 e. The van der Waals surface area contributed by atoms with Crippen LogP contribution < -0.4 is 5.32 Å². The number of halogens is 1. The predicted molar refractivity (Wildman–Crippen MR) is 75.0 cm³/mol. The van der Waals surface area contributed by atoms with Gasteiger partial charge in [-0.25, -0.2) is 4.79 Å². The third-order valence-electron chi connectivity index (χ3n) is 2.65. The van der Waals surface area contributed by atoms with E-state index in [0.29, 0.717) is 28.5 Å². The lowest BCUT2D eigenvalue weighted by Crippen LogP contribution is -2.09. The highest BCUT2D eigenvalue weighted by molar-refractivity contribution is 6.33. The molecule has 0 aliphatic carbocycles. The van der Waals surface area contributed by atoms with Gasteiger partial charge in [-0.05, 0) is 30.3 Å². The summed E-state index contributed by atoms with van der Waals surface area (Å²) in [4.78, 5) is 22.2. The molecule has 0 saturated heterocycles. The number of carbonyl (C=O) groups excluding carboxylic acids is 1. The van der Waals surface area contributed by atoms with Gasteiger partial charge in [0, 0.05) is 17.7 Å². The number of furan rings is 1. The van der Waals surface area contributed by atoms with Gasteiger partial charge in [0.2, 0.25) is 11.7 Å². The number of carboxylic acid groups (broad SMARTS) is 1. The van der Waals surface area contributed by atoms with Gasteiger partial charge in [-0.15, -0.1) is 0 Å². The van der Waals surface area contributed by atoms with Crippen molar-refractivity contribution in [1.29, 1.82) is 0 Å². The number of anilines is 1. The fraction of sp³-hybridized carbons (Fsp3) is 0.143. The average Bonchev–Trinajstić information content (AvgIpc) is 2.90. The number of carboxylic acids is 1. The first-order chi connectivity index (χ1) is 9.51. The summed E-state index contributed by atoms with van der Waals surface area (Å²) in [5.41, 5.74) is 1.09. The maximum absolute atomic E-state index is 11.4. The van der Waals surface area contributed by atoms with Crippen LogP contribution >= 0.6 is 11.6 Å². The van der Waals surface area contributed by atoms with E-state index in [0.717, 1.165) is 0 Å². The third kappa shape index (κ3) is 3.00. The lowest BCUT2D eigenvalue weighted by molar-refractivity contribution is -0.115. The lowest BCUT2D eigenvalue weighted by Gasteiger charge is -2.07. The van der Waals surface area contributed by atoms with Crippen LogP contribution in [-0.4, -0.2) is 17.0 Å². The zero-order valence-electron chi connectivity index (χ0n) is 10.6. The molecular weight excluding hydrogens is 282 g/mol. The van der Waals surface area contributed by atoms with E-state index in [-0.39, 0.29) is 11.7 Å². The molecule has 2 aromatic rings. The normalized spacial score (nSPS) is 10.3. The van der Waals surface area contributed by atoms with Crippen molar-refractivity contribution in [2.45, 2.75) is 13.3 Å². The second-order valence-corrected chi connectivity index (χ2v) is 4.47. The Kier molecular flexibility index (Phi) is 4.10. The number of aromatic carboxylic acids is 1. The Labute approximate surface area is 120 Å². The number of rotatable bonds is 4. The first kappa shape index (κ1) is 14.1. The van der Waals surface area contributed by atoms with Gasteiger partial charge in [0.1, 0.15) is 5.76 Å². The van der Waals surface area contributed by atoms with Crippen LogP contribution in [0.5, 0.6) is 0 Å². The van der Waals surface area contributed by atoms with Gasteiger partial charge >= 0.3 is 5.97 Å². The van der Waals surface area contributed by atoms with E-state index in [1.54, 1.807) is 25.1 Å². The van der Waals surface area contributed by atoms with Gasteiger partial charge < -0.3 is 14.8 Å². The number of amides is 1. The maximum atomic E-state index is 11.4. The summed E-state index contributed by atoms with van der Waals surface area (Å²) < 4.78 is 5.20. The Morgan fingerprint density at radius 2 is 2.05 bits per heavy atom. The predicted octanol–water partition coefficient (Wildman–Crippen LogP) is 3.65. The molecule has 1 amide bonds. The van der Waals surface area contributed by atoms with E-state index < -0.39 is 5.97 Å². The molecule has 2 rings (SSSR count). The summed E-state index contributed by atoms with van der Waals surface area (Å²) >= 11 is 6.07. The van der Waals surface area contributed by atoms with Gasteiger partial charge in [0.15, 0.2) is 0 Å². The number of benzene rings is 1. The first-order valence-corrected chi connectivity index (χ1v) is 6.32. The van der Waals surface area contributed by atoms with Crippen molar-refractivity contribution in [2.24, 2.45) is 0 Å². The molecule has 0 radical (unpaired) electrons. The zero-order valence-corrected chi connectivity index (χ0v) is 11.4. The Morgan fingerprint density at radius 3 is 2.65 bits per heavy atom. The molecule has 5 nitrogen and oxygen atoms in total. The van der Waals surface area contributed by atoms with Crippen molar-refractivity contribution in [3.8, 4) is 11.3 Å². The van der Waals surface area contributed by atoms with Gasteiger partial charge in [-0.1, -0.05) is 18.5 Å². The molecule has 0 spiro atoms. The molecule has 0 saturated carbocycles. The van der Waals surface area contributed by atoms with Gasteiger partial charge in [-0.2, -0.15) is 0 Å². The molecule has 1 aromatic heterocycles. The van der Waals surface area contributed by atoms with Crippen LogP contribution in [0.15, 0.2) is 34.7 Å². The van der Waals surface area contributed by atoms with Gasteiger partial charge in [0.05, 0.1) is 5.02 Å². The van der Waals surface area contributed by atoms with Gasteiger partial charge in [0.25, 0.3) is 0 Å². The smallest absolute Gasteiger partial charge is 0.371 e. The Balaban J connectivity index is 2.36. The van der Waals surface area contributed by atoms with Crippen molar-refractivity contribution in [3.63, 3.8) is 0 Å². The fourth-order valence-electron chi connectivity index (χ4n) is 1.64. The van der Waals surface area contributed by atoms with Crippen molar-refractivity contribution < 1.29 is 19.1 Å². The molecule has 2 N–H and O–H groups in total. The average molecular weight is 294 g/mol. The highest BCUT2D eigenvalue weighted by Crippen LogP contribution is 2.32. The molecule has 0 aliphatic rings. The second kappa shape index (κ2) is 5.79. The minimum Gasteiger partial charge on any atom is -0.475 e. The van der Waals surface area contributed by atoms with Crippen LogP contribution in [-0.2, 0) is 4.79 Å². The highest BCUT2D eigenvalue weighted by Gasteiger charge is 2.13. The SMILES string of the molecule is CCC(=O)Nc1ccc(Cl)c(-c2ccc(C(=O)O)o2)c1. The molecule has 104 valence electrons. The standard InChI is InChI=1S/C14H12ClNO4/c1-2-13(17)16-8-3-4-10(15)9(7-8)11-5-6-12(20-11)14(18)19/h3-7H,2H2,1H3,(H,16,17)(H,18,19). The lowest BCUT2D eigenvalue weighted by atomic mass is 10.1. The Hall–Kier alpha value is -2.27. The molecule has 6 heteroatoms.